The number of rotatable bonds is 3. The zero-order valence-corrected chi connectivity index (χ0v) is 18.2. The fourth-order valence-electron chi connectivity index (χ4n) is 4.41. The molecule has 1 atom stereocenters. The molecule has 2 aliphatic rings. The molecule has 1 saturated heterocycles. The summed E-state index contributed by atoms with van der Waals surface area (Å²) in [6, 6.07) is 3.62. The summed E-state index contributed by atoms with van der Waals surface area (Å²) in [6.45, 7) is -0.0769. The first-order valence-electron chi connectivity index (χ1n) is 10.7. The smallest absolute Gasteiger partial charge is 0.419 e. The predicted octanol–water partition coefficient (Wildman–Crippen LogP) is 5.60. The van der Waals surface area contributed by atoms with Gasteiger partial charge in [0.05, 0.1) is 22.2 Å². The standard InChI is InChI=1S/C23H16F6N4O3/c24-22(25,26)15-6-13(7-16(8-15)23(27,28)29)18-21(3-4-21)33(20(35)36-18)19(34)32-11-14-10-30-9-12-2-1-5-31-17(12)14/h1-2,5-10,18H,3-4,11H2,(H,32,34)/t18-/m1/s1. The van der Waals surface area contributed by atoms with Crippen molar-refractivity contribution in [1.29, 1.82) is 0 Å². The van der Waals surface area contributed by atoms with Gasteiger partial charge < -0.3 is 10.1 Å². The van der Waals surface area contributed by atoms with Crippen LogP contribution in [0.2, 0.25) is 0 Å². The van der Waals surface area contributed by atoms with E-state index in [1.807, 2.05) is 0 Å². The summed E-state index contributed by atoms with van der Waals surface area (Å²) in [5, 5.41) is 3.26. The summed E-state index contributed by atoms with van der Waals surface area (Å²) >= 11 is 0. The van der Waals surface area contributed by atoms with E-state index >= 15 is 0 Å². The molecule has 1 aromatic carbocycles. The van der Waals surface area contributed by atoms with Gasteiger partial charge in [-0.2, -0.15) is 26.3 Å². The number of alkyl halides is 6. The van der Waals surface area contributed by atoms with Crippen molar-refractivity contribution < 1.29 is 40.7 Å². The molecular weight excluding hydrogens is 494 g/mol. The molecule has 7 nitrogen and oxygen atoms in total. The van der Waals surface area contributed by atoms with Gasteiger partial charge >= 0.3 is 24.5 Å². The lowest BCUT2D eigenvalue weighted by Crippen LogP contribution is -2.47. The van der Waals surface area contributed by atoms with Gasteiger partial charge in [0.15, 0.2) is 6.10 Å². The Kier molecular flexibility index (Phi) is 5.34. The van der Waals surface area contributed by atoms with E-state index in [1.54, 1.807) is 24.5 Å². The molecule has 0 radical (unpaired) electrons. The Morgan fingerprint density at radius 2 is 1.75 bits per heavy atom. The third-order valence-corrected chi connectivity index (χ3v) is 6.23. The van der Waals surface area contributed by atoms with Crippen LogP contribution in [-0.2, 0) is 23.6 Å². The predicted molar refractivity (Wildman–Crippen MR) is 111 cm³/mol. The number of hydrogen-bond donors (Lipinski definition) is 1. The van der Waals surface area contributed by atoms with Crippen molar-refractivity contribution in [3.8, 4) is 0 Å². The minimum Gasteiger partial charge on any atom is -0.438 e. The second kappa shape index (κ2) is 8.07. The highest BCUT2D eigenvalue weighted by Crippen LogP contribution is 2.57. The molecule has 36 heavy (non-hydrogen) atoms. The Hall–Kier alpha value is -3.90. The fraction of sp³-hybridized carbons (Fsp3) is 0.304. The van der Waals surface area contributed by atoms with Gasteiger partial charge in [0.2, 0.25) is 0 Å². The first kappa shape index (κ1) is 23.8. The number of carbonyl (C=O) groups is 2. The Morgan fingerprint density at radius 1 is 1.08 bits per heavy atom. The highest BCUT2D eigenvalue weighted by molar-refractivity contribution is 5.94. The SMILES string of the molecule is O=C(NCc1cncc2cccnc12)N1C(=O)O[C@H](c2cc(C(F)(F)F)cc(C(F)(F)F)c2)C12CC2. The van der Waals surface area contributed by atoms with Gasteiger partial charge in [-0.05, 0) is 48.7 Å². The van der Waals surface area contributed by atoms with Gasteiger partial charge in [-0.1, -0.05) is 0 Å². The lowest BCUT2D eigenvalue weighted by atomic mass is 9.95. The van der Waals surface area contributed by atoms with Crippen LogP contribution >= 0.6 is 0 Å². The number of imide groups is 1. The molecule has 5 rings (SSSR count). The number of fused-ring (bicyclic) bond motifs is 1. The second-order valence-corrected chi connectivity index (χ2v) is 8.57. The van der Waals surface area contributed by atoms with Gasteiger partial charge in [-0.25, -0.2) is 14.5 Å². The number of urea groups is 1. The molecule has 1 aliphatic carbocycles. The Bertz CT molecular complexity index is 1330. The molecule has 3 amide bonds. The van der Waals surface area contributed by atoms with Crippen molar-refractivity contribution in [3.05, 3.63) is 71.2 Å². The van der Waals surface area contributed by atoms with Crippen molar-refractivity contribution >= 4 is 23.0 Å². The second-order valence-electron chi connectivity index (χ2n) is 8.57. The van der Waals surface area contributed by atoms with E-state index in [-0.39, 0.29) is 25.5 Å². The van der Waals surface area contributed by atoms with Gasteiger partial charge in [0.1, 0.15) is 0 Å². The van der Waals surface area contributed by atoms with Crippen LogP contribution in [-0.4, -0.2) is 32.5 Å². The first-order chi connectivity index (χ1) is 16.9. The molecule has 2 fully saturated rings. The molecule has 1 aliphatic heterocycles. The van der Waals surface area contributed by atoms with Gasteiger partial charge in [-0.3, -0.25) is 9.97 Å². The summed E-state index contributed by atoms with van der Waals surface area (Å²) in [7, 11) is 0. The number of halogens is 6. The maximum atomic E-state index is 13.3. The van der Waals surface area contributed by atoms with Crippen molar-refractivity contribution in [2.75, 3.05) is 0 Å². The zero-order valence-electron chi connectivity index (χ0n) is 18.2. The van der Waals surface area contributed by atoms with Crippen LogP contribution in [0.4, 0.5) is 35.9 Å². The van der Waals surface area contributed by atoms with Crippen LogP contribution < -0.4 is 5.32 Å². The van der Waals surface area contributed by atoms with Crippen LogP contribution in [0.5, 0.6) is 0 Å². The Labute approximate surface area is 199 Å². The summed E-state index contributed by atoms with van der Waals surface area (Å²) in [5.41, 5.74) is -3.82. The van der Waals surface area contributed by atoms with E-state index in [0.29, 0.717) is 28.6 Å². The highest BCUT2D eigenvalue weighted by Gasteiger charge is 2.66. The van der Waals surface area contributed by atoms with E-state index in [9.17, 15) is 35.9 Å². The maximum Gasteiger partial charge on any atom is 0.419 e. The summed E-state index contributed by atoms with van der Waals surface area (Å²) in [6.07, 6.45) is -7.83. The van der Waals surface area contributed by atoms with Gasteiger partial charge in [-0.15, -0.1) is 0 Å². The highest BCUT2D eigenvalue weighted by atomic mass is 19.4. The number of cyclic esters (lactones) is 1. The van der Waals surface area contributed by atoms with Crippen LogP contribution in [0.1, 0.15) is 41.2 Å². The van der Waals surface area contributed by atoms with Crippen LogP contribution in [0.25, 0.3) is 10.9 Å². The van der Waals surface area contributed by atoms with Crippen molar-refractivity contribution in [1.82, 2.24) is 20.2 Å². The molecule has 1 N–H and O–H groups in total. The lowest BCUT2D eigenvalue weighted by Gasteiger charge is -2.24. The molecule has 1 saturated carbocycles. The van der Waals surface area contributed by atoms with Crippen LogP contribution in [0, 0.1) is 0 Å². The minimum atomic E-state index is -5.06. The van der Waals surface area contributed by atoms with Crippen molar-refractivity contribution in [2.45, 2.75) is 43.4 Å². The number of benzene rings is 1. The molecular formula is C23H16F6N4O3. The molecule has 0 unspecified atom stereocenters. The van der Waals surface area contributed by atoms with E-state index < -0.39 is 52.8 Å². The number of carbonyl (C=O) groups excluding carboxylic acids is 2. The summed E-state index contributed by atoms with van der Waals surface area (Å²) in [5.74, 6) is 0. The number of nitrogens with zero attached hydrogens (tertiary/aromatic N) is 3. The number of amides is 3. The number of ether oxygens (including phenoxy) is 1. The normalized spacial score (nSPS) is 19.0. The molecule has 188 valence electrons. The average molecular weight is 510 g/mol. The maximum absolute atomic E-state index is 13.3. The minimum absolute atomic E-state index is 0.00340. The first-order valence-corrected chi connectivity index (χ1v) is 10.7. The van der Waals surface area contributed by atoms with E-state index in [4.69, 9.17) is 4.74 Å². The van der Waals surface area contributed by atoms with Gasteiger partial charge in [0.25, 0.3) is 0 Å². The monoisotopic (exact) mass is 510 g/mol. The molecule has 1 spiro atoms. The number of hydrogen-bond acceptors (Lipinski definition) is 5. The Morgan fingerprint density at radius 3 is 2.36 bits per heavy atom. The quantitative estimate of drug-likeness (QED) is 0.464. The fourth-order valence-corrected chi connectivity index (χ4v) is 4.41. The summed E-state index contributed by atoms with van der Waals surface area (Å²) < 4.78 is 85.1. The molecule has 2 aromatic heterocycles. The third kappa shape index (κ3) is 4.07. The topological polar surface area (TPSA) is 84.4 Å². The number of aromatic nitrogens is 2. The number of pyridine rings is 2. The average Bonchev–Trinajstić information content (AvgIpc) is 3.54. The van der Waals surface area contributed by atoms with Gasteiger partial charge in [0, 0.05) is 36.1 Å². The van der Waals surface area contributed by atoms with E-state index in [2.05, 4.69) is 15.3 Å². The van der Waals surface area contributed by atoms with Crippen LogP contribution in [0.15, 0.2) is 48.9 Å². The molecule has 3 heterocycles. The zero-order chi connectivity index (χ0) is 25.9. The van der Waals surface area contributed by atoms with E-state index in [1.165, 1.54) is 6.20 Å². The third-order valence-electron chi connectivity index (χ3n) is 6.23. The van der Waals surface area contributed by atoms with Crippen molar-refractivity contribution in [3.63, 3.8) is 0 Å². The Balaban J connectivity index is 1.42. The van der Waals surface area contributed by atoms with Crippen LogP contribution in [0.3, 0.4) is 0 Å². The number of nitrogens with one attached hydrogen (secondary N) is 1. The lowest BCUT2D eigenvalue weighted by molar-refractivity contribution is -0.143. The van der Waals surface area contributed by atoms with Crippen molar-refractivity contribution in [2.24, 2.45) is 0 Å². The largest absolute Gasteiger partial charge is 0.438 e. The van der Waals surface area contributed by atoms with E-state index in [0.717, 1.165) is 4.90 Å². The molecule has 13 heteroatoms. The molecule has 0 bridgehead atoms. The summed E-state index contributed by atoms with van der Waals surface area (Å²) in [4.78, 5) is 34.6. The molecule has 3 aromatic rings.